The van der Waals surface area contributed by atoms with E-state index < -0.39 is 23.2 Å². The zero-order chi connectivity index (χ0) is 14.9. The van der Waals surface area contributed by atoms with Crippen LogP contribution in [0.3, 0.4) is 0 Å². The summed E-state index contributed by atoms with van der Waals surface area (Å²) in [6, 6.07) is 3.23. The molecular weight excluding hydrogens is 265 g/mol. The maximum absolute atomic E-state index is 13.8. The van der Waals surface area contributed by atoms with Crippen molar-refractivity contribution in [3.05, 3.63) is 29.6 Å². The van der Waals surface area contributed by atoms with Gasteiger partial charge in [0.15, 0.2) is 0 Å². The van der Waals surface area contributed by atoms with E-state index in [9.17, 15) is 19.1 Å². The first-order valence-corrected chi connectivity index (χ1v) is 6.46. The number of rotatable bonds is 3. The van der Waals surface area contributed by atoms with E-state index in [0.29, 0.717) is 19.4 Å². The molecule has 1 amide bonds. The molecule has 1 heterocycles. The number of carbonyl (C=O) groups excluding carboxylic acids is 1. The molecule has 1 aromatic carbocycles. The molecule has 0 aliphatic carbocycles. The van der Waals surface area contributed by atoms with Gasteiger partial charge >= 0.3 is 5.97 Å². The van der Waals surface area contributed by atoms with Crippen molar-refractivity contribution in [1.82, 2.24) is 4.90 Å². The highest BCUT2D eigenvalue weighted by Gasteiger charge is 2.48. The Labute approximate surface area is 115 Å². The number of benzene rings is 1. The van der Waals surface area contributed by atoms with Gasteiger partial charge in [0.1, 0.15) is 17.1 Å². The molecule has 0 aromatic heterocycles. The third-order valence-electron chi connectivity index (χ3n) is 3.90. The average molecular weight is 281 g/mol. The average Bonchev–Trinajstić information content (AvgIpc) is 2.83. The number of nitrogens with zero attached hydrogens (tertiary/aromatic N) is 1. The van der Waals surface area contributed by atoms with Crippen LogP contribution in [-0.4, -0.2) is 39.1 Å². The second-order valence-electron chi connectivity index (χ2n) is 4.91. The van der Waals surface area contributed by atoms with Crippen molar-refractivity contribution in [2.24, 2.45) is 0 Å². The number of amides is 1. The molecule has 1 aromatic rings. The van der Waals surface area contributed by atoms with Crippen LogP contribution in [0.1, 0.15) is 36.5 Å². The van der Waals surface area contributed by atoms with E-state index in [4.69, 9.17) is 5.11 Å². The summed E-state index contributed by atoms with van der Waals surface area (Å²) < 4.78 is 13.8. The van der Waals surface area contributed by atoms with Crippen LogP contribution < -0.4 is 0 Å². The molecule has 20 heavy (non-hydrogen) atoms. The van der Waals surface area contributed by atoms with Gasteiger partial charge in [-0.3, -0.25) is 4.79 Å². The fourth-order valence-corrected chi connectivity index (χ4v) is 2.74. The van der Waals surface area contributed by atoms with Gasteiger partial charge in [0, 0.05) is 12.6 Å². The molecule has 108 valence electrons. The summed E-state index contributed by atoms with van der Waals surface area (Å²) in [5.74, 6) is -2.84. The Morgan fingerprint density at radius 1 is 1.45 bits per heavy atom. The first kappa shape index (κ1) is 14.3. The summed E-state index contributed by atoms with van der Waals surface area (Å²) in [5, 5.41) is 18.6. The third-order valence-corrected chi connectivity index (χ3v) is 3.90. The van der Waals surface area contributed by atoms with E-state index in [0.717, 1.165) is 6.07 Å². The molecule has 0 radical (unpaired) electrons. The topological polar surface area (TPSA) is 77.8 Å². The summed E-state index contributed by atoms with van der Waals surface area (Å²) in [5.41, 5.74) is -1.48. The molecule has 2 N–H and O–H groups in total. The van der Waals surface area contributed by atoms with Crippen molar-refractivity contribution >= 4 is 11.9 Å². The third kappa shape index (κ3) is 2.11. The zero-order valence-electron chi connectivity index (χ0n) is 11.1. The summed E-state index contributed by atoms with van der Waals surface area (Å²) in [7, 11) is 0. The number of likely N-dealkylation sites (tertiary alicyclic amines) is 1. The first-order chi connectivity index (χ1) is 9.42. The van der Waals surface area contributed by atoms with Crippen molar-refractivity contribution in [3.8, 4) is 5.75 Å². The SMILES string of the molecule is CCC1(C(=O)O)CCCN1C(=O)c1ccc(O)cc1F. The summed E-state index contributed by atoms with van der Waals surface area (Å²) in [4.78, 5) is 25.1. The number of aliphatic carboxylic acids is 1. The monoisotopic (exact) mass is 281 g/mol. The Morgan fingerprint density at radius 3 is 2.70 bits per heavy atom. The highest BCUT2D eigenvalue weighted by atomic mass is 19.1. The summed E-state index contributed by atoms with van der Waals surface area (Å²) in [6.45, 7) is 1.99. The summed E-state index contributed by atoms with van der Waals surface area (Å²) in [6.07, 6.45) is 1.21. The minimum absolute atomic E-state index is 0.219. The second kappa shape index (κ2) is 5.11. The molecular formula is C14H16FNO4. The number of carbonyl (C=O) groups is 2. The second-order valence-corrected chi connectivity index (χ2v) is 4.91. The highest BCUT2D eigenvalue weighted by Crippen LogP contribution is 2.34. The van der Waals surface area contributed by atoms with Gasteiger partial charge in [-0.05, 0) is 31.4 Å². The van der Waals surface area contributed by atoms with E-state index in [1.54, 1.807) is 6.92 Å². The number of aromatic hydroxyl groups is 1. The van der Waals surface area contributed by atoms with E-state index >= 15 is 0 Å². The number of carboxylic acid groups (broad SMARTS) is 1. The molecule has 1 unspecified atom stereocenters. The predicted octanol–water partition coefficient (Wildman–Crippen LogP) is 2.00. The first-order valence-electron chi connectivity index (χ1n) is 6.46. The smallest absolute Gasteiger partial charge is 0.329 e. The van der Waals surface area contributed by atoms with Crippen LogP contribution in [0, 0.1) is 5.82 Å². The van der Waals surface area contributed by atoms with Gasteiger partial charge in [0.25, 0.3) is 5.91 Å². The van der Waals surface area contributed by atoms with E-state index in [2.05, 4.69) is 0 Å². The number of phenolic OH excluding ortho intramolecular Hbond substituents is 1. The maximum atomic E-state index is 13.8. The van der Waals surface area contributed by atoms with Gasteiger partial charge in [-0.25, -0.2) is 9.18 Å². The minimum Gasteiger partial charge on any atom is -0.508 e. The lowest BCUT2D eigenvalue weighted by Crippen LogP contribution is -2.52. The molecule has 1 fully saturated rings. The Bertz CT molecular complexity index is 560. The maximum Gasteiger partial charge on any atom is 0.329 e. The van der Waals surface area contributed by atoms with Crippen molar-refractivity contribution < 1.29 is 24.2 Å². The standard InChI is InChI=1S/C14H16FNO4/c1-2-14(13(19)20)6-3-7-16(14)12(18)10-5-4-9(17)8-11(10)15/h4-5,8,17H,2-3,6-7H2,1H3,(H,19,20). The molecule has 0 spiro atoms. The Balaban J connectivity index is 2.39. The van der Waals surface area contributed by atoms with Crippen LogP contribution in [0.5, 0.6) is 5.75 Å². The fraction of sp³-hybridized carbons (Fsp3) is 0.429. The zero-order valence-corrected chi connectivity index (χ0v) is 11.1. The molecule has 5 nitrogen and oxygen atoms in total. The van der Waals surface area contributed by atoms with Gasteiger partial charge in [-0.15, -0.1) is 0 Å². The van der Waals surface area contributed by atoms with Crippen LogP contribution in [0.2, 0.25) is 0 Å². The van der Waals surface area contributed by atoms with Crippen LogP contribution in [-0.2, 0) is 4.79 Å². The summed E-state index contributed by atoms with van der Waals surface area (Å²) >= 11 is 0. The largest absolute Gasteiger partial charge is 0.508 e. The molecule has 1 aliphatic heterocycles. The van der Waals surface area contributed by atoms with Gasteiger partial charge in [0.05, 0.1) is 5.56 Å². The number of carboxylic acids is 1. The van der Waals surface area contributed by atoms with Crippen LogP contribution in [0.15, 0.2) is 18.2 Å². The lowest BCUT2D eigenvalue weighted by molar-refractivity contribution is -0.148. The van der Waals surface area contributed by atoms with E-state index in [1.165, 1.54) is 17.0 Å². The normalized spacial score (nSPS) is 22.0. The number of halogens is 1. The lowest BCUT2D eigenvalue weighted by Gasteiger charge is -2.34. The Kier molecular flexibility index (Phi) is 3.65. The number of hydrogen-bond acceptors (Lipinski definition) is 3. The fourth-order valence-electron chi connectivity index (χ4n) is 2.74. The van der Waals surface area contributed by atoms with Gasteiger partial charge in [-0.2, -0.15) is 0 Å². The highest BCUT2D eigenvalue weighted by molar-refractivity contribution is 5.98. The van der Waals surface area contributed by atoms with Crippen molar-refractivity contribution in [2.75, 3.05) is 6.54 Å². The number of phenols is 1. The van der Waals surface area contributed by atoms with Gasteiger partial charge in [0.2, 0.25) is 0 Å². The predicted molar refractivity (Wildman–Crippen MR) is 69.0 cm³/mol. The molecule has 0 saturated carbocycles. The lowest BCUT2D eigenvalue weighted by atomic mass is 9.92. The van der Waals surface area contributed by atoms with Gasteiger partial charge in [-0.1, -0.05) is 6.92 Å². The molecule has 1 atom stereocenters. The molecule has 1 aliphatic rings. The van der Waals surface area contributed by atoms with Gasteiger partial charge < -0.3 is 15.1 Å². The van der Waals surface area contributed by atoms with Crippen molar-refractivity contribution in [1.29, 1.82) is 0 Å². The van der Waals surface area contributed by atoms with Crippen LogP contribution in [0.25, 0.3) is 0 Å². The van der Waals surface area contributed by atoms with E-state index in [-0.39, 0.29) is 17.7 Å². The van der Waals surface area contributed by atoms with Crippen molar-refractivity contribution in [2.45, 2.75) is 31.7 Å². The Hall–Kier alpha value is -2.11. The van der Waals surface area contributed by atoms with Crippen LogP contribution >= 0.6 is 0 Å². The Morgan fingerprint density at radius 2 is 2.15 bits per heavy atom. The number of hydrogen-bond donors (Lipinski definition) is 2. The van der Waals surface area contributed by atoms with Crippen molar-refractivity contribution in [3.63, 3.8) is 0 Å². The van der Waals surface area contributed by atoms with Crippen LogP contribution in [0.4, 0.5) is 4.39 Å². The molecule has 1 saturated heterocycles. The van der Waals surface area contributed by atoms with E-state index in [1.807, 2.05) is 0 Å². The molecule has 2 rings (SSSR count). The quantitative estimate of drug-likeness (QED) is 0.888. The molecule has 6 heteroatoms. The minimum atomic E-state index is -1.26. The molecule has 0 bridgehead atoms.